The number of fused-ring (bicyclic) bond motifs is 1. The van der Waals surface area contributed by atoms with Gasteiger partial charge < -0.3 is 19.1 Å². The van der Waals surface area contributed by atoms with Gasteiger partial charge in [-0.15, -0.1) is 0 Å². The van der Waals surface area contributed by atoms with Crippen molar-refractivity contribution in [2.75, 3.05) is 37.7 Å². The van der Waals surface area contributed by atoms with Gasteiger partial charge >= 0.3 is 0 Å². The largest absolute Gasteiger partial charge is 0.490 e. The molecular weight excluding hydrogens is 492 g/mol. The van der Waals surface area contributed by atoms with Crippen LogP contribution in [0.2, 0.25) is 0 Å². The number of aromatic nitrogens is 2. The fraction of sp³-hybridized carbons (Fsp3) is 0.548. The van der Waals surface area contributed by atoms with E-state index in [9.17, 15) is 4.79 Å². The van der Waals surface area contributed by atoms with E-state index in [-0.39, 0.29) is 29.8 Å². The summed E-state index contributed by atoms with van der Waals surface area (Å²) in [5.41, 5.74) is 2.46. The molecule has 1 N–H and O–H groups in total. The van der Waals surface area contributed by atoms with Crippen molar-refractivity contribution >= 4 is 22.5 Å². The van der Waals surface area contributed by atoms with Gasteiger partial charge in [0.25, 0.3) is 5.91 Å². The van der Waals surface area contributed by atoms with Gasteiger partial charge in [0.15, 0.2) is 0 Å². The van der Waals surface area contributed by atoms with Crippen LogP contribution in [0.5, 0.6) is 5.75 Å². The van der Waals surface area contributed by atoms with Crippen molar-refractivity contribution in [1.29, 1.82) is 0 Å². The van der Waals surface area contributed by atoms with E-state index in [1.54, 1.807) is 6.20 Å². The molecule has 3 heterocycles. The summed E-state index contributed by atoms with van der Waals surface area (Å²) in [6, 6.07) is 13.9. The van der Waals surface area contributed by atoms with E-state index in [4.69, 9.17) is 14.2 Å². The van der Waals surface area contributed by atoms with Gasteiger partial charge in [0.05, 0.1) is 37.1 Å². The number of benzene rings is 2. The average Bonchev–Trinajstić information content (AvgIpc) is 3.62. The fourth-order valence-electron chi connectivity index (χ4n) is 6.79. The lowest BCUT2D eigenvalue weighted by Gasteiger charge is -2.46. The number of H-pyrrole nitrogens is 1. The van der Waals surface area contributed by atoms with Gasteiger partial charge in [-0.1, -0.05) is 12.8 Å². The Morgan fingerprint density at radius 1 is 1.08 bits per heavy atom. The lowest BCUT2D eigenvalue weighted by Crippen LogP contribution is -2.58. The summed E-state index contributed by atoms with van der Waals surface area (Å²) >= 11 is 0. The maximum absolute atomic E-state index is 14.2. The number of carbonyl (C=O) groups is 1. The van der Waals surface area contributed by atoms with E-state index >= 15 is 0 Å². The molecule has 0 unspecified atom stereocenters. The van der Waals surface area contributed by atoms with E-state index in [0.29, 0.717) is 12.1 Å². The normalized spacial score (nSPS) is 25.5. The van der Waals surface area contributed by atoms with Gasteiger partial charge in [0, 0.05) is 54.7 Å². The summed E-state index contributed by atoms with van der Waals surface area (Å²) in [5.74, 6) is 0.847. The van der Waals surface area contributed by atoms with E-state index < -0.39 is 0 Å². The van der Waals surface area contributed by atoms with E-state index in [1.807, 2.05) is 47.4 Å². The Morgan fingerprint density at radius 3 is 2.51 bits per heavy atom. The van der Waals surface area contributed by atoms with Gasteiger partial charge in [-0.05, 0) is 69.2 Å². The third kappa shape index (κ3) is 5.69. The van der Waals surface area contributed by atoms with Crippen LogP contribution in [0.1, 0.15) is 62.7 Å². The highest BCUT2D eigenvalue weighted by Crippen LogP contribution is 2.38. The molecule has 8 nitrogen and oxygen atoms in total. The van der Waals surface area contributed by atoms with Crippen LogP contribution in [-0.2, 0) is 9.47 Å². The molecule has 208 valence electrons. The summed E-state index contributed by atoms with van der Waals surface area (Å²) in [5, 5.41) is 8.06. The number of aromatic amines is 1. The van der Waals surface area contributed by atoms with Crippen molar-refractivity contribution in [3.8, 4) is 5.75 Å². The van der Waals surface area contributed by atoms with Gasteiger partial charge in [-0.25, -0.2) is 0 Å². The molecule has 3 aliphatic rings. The van der Waals surface area contributed by atoms with Crippen molar-refractivity contribution in [1.82, 2.24) is 15.1 Å². The number of nitrogens with one attached hydrogen (secondary N) is 1. The second-order valence-electron chi connectivity index (χ2n) is 11.6. The predicted molar refractivity (Wildman–Crippen MR) is 151 cm³/mol. The maximum Gasteiger partial charge on any atom is 0.258 e. The number of anilines is 1. The molecule has 2 aliphatic heterocycles. The first-order chi connectivity index (χ1) is 19.0. The molecule has 1 amide bonds. The molecule has 1 saturated carbocycles. The first-order valence-electron chi connectivity index (χ1n) is 14.5. The van der Waals surface area contributed by atoms with Crippen LogP contribution in [0.25, 0.3) is 10.9 Å². The van der Waals surface area contributed by atoms with Crippen molar-refractivity contribution in [2.24, 2.45) is 0 Å². The lowest BCUT2D eigenvalue weighted by atomic mass is 9.92. The van der Waals surface area contributed by atoms with Crippen molar-refractivity contribution in [3.05, 3.63) is 54.2 Å². The summed E-state index contributed by atoms with van der Waals surface area (Å²) < 4.78 is 17.9. The highest BCUT2D eigenvalue weighted by Gasteiger charge is 2.43. The van der Waals surface area contributed by atoms with Crippen LogP contribution in [0, 0.1) is 0 Å². The van der Waals surface area contributed by atoms with Crippen LogP contribution >= 0.6 is 0 Å². The van der Waals surface area contributed by atoms with Crippen LogP contribution in [0.3, 0.4) is 0 Å². The van der Waals surface area contributed by atoms with Crippen molar-refractivity contribution in [2.45, 2.75) is 76.2 Å². The first-order valence-corrected chi connectivity index (χ1v) is 14.5. The van der Waals surface area contributed by atoms with Gasteiger partial charge in [-0.2, -0.15) is 5.10 Å². The van der Waals surface area contributed by atoms with E-state index in [2.05, 4.69) is 28.9 Å². The number of carbonyl (C=O) groups excluding carboxylic acids is 1. The minimum Gasteiger partial charge on any atom is -0.490 e. The highest BCUT2D eigenvalue weighted by molar-refractivity contribution is 6.08. The number of hydrogen-bond acceptors (Lipinski definition) is 6. The van der Waals surface area contributed by atoms with E-state index in [1.165, 1.54) is 12.8 Å². The molecular formula is C31H40N4O4. The average molecular weight is 533 g/mol. The number of nitrogens with zero attached hydrogens (tertiary/aromatic N) is 3. The monoisotopic (exact) mass is 532 g/mol. The zero-order chi connectivity index (χ0) is 26.8. The Morgan fingerprint density at radius 2 is 1.79 bits per heavy atom. The Hall–Kier alpha value is -2.94. The third-order valence-corrected chi connectivity index (χ3v) is 8.71. The van der Waals surface area contributed by atoms with Gasteiger partial charge in [0.2, 0.25) is 0 Å². The quantitative estimate of drug-likeness (QED) is 0.451. The summed E-state index contributed by atoms with van der Waals surface area (Å²) in [6.45, 7) is 8.20. The number of rotatable bonds is 7. The standard InChI is InChI=1S/C31H40N4O4/c1-22-17-28(18-23(2)38-22)39-27-8-6-26(7-9-27)35(30(36)24-5-10-29-25(19-24)20-32-33-29)21-31(11-3-4-12-31)34-13-15-37-16-14-34/h5-10,19-20,22-23,28H,3-4,11-18,21H2,1-2H3,(H,32,33)/t22-,23+,28+. The number of hydrogen-bond donors (Lipinski definition) is 1. The SMILES string of the molecule is C[C@@H]1C[C@H](Oc2ccc(N(CC3(N4CCOCC4)CCCC3)C(=O)c3ccc4[nH]ncc4c3)cc2)C[C@H](C)O1. The van der Waals surface area contributed by atoms with Crippen LogP contribution in [0.4, 0.5) is 5.69 Å². The van der Waals surface area contributed by atoms with Crippen LogP contribution < -0.4 is 9.64 Å². The summed E-state index contributed by atoms with van der Waals surface area (Å²) in [4.78, 5) is 18.8. The molecule has 2 saturated heterocycles. The highest BCUT2D eigenvalue weighted by atomic mass is 16.5. The van der Waals surface area contributed by atoms with Gasteiger partial charge in [-0.3, -0.25) is 14.8 Å². The lowest BCUT2D eigenvalue weighted by molar-refractivity contribution is -0.0721. The Kier molecular flexibility index (Phi) is 7.60. The summed E-state index contributed by atoms with van der Waals surface area (Å²) in [6.07, 6.45) is 8.64. The molecule has 1 aromatic heterocycles. The molecule has 0 radical (unpaired) electrons. The zero-order valence-electron chi connectivity index (χ0n) is 23.1. The molecule has 0 bridgehead atoms. The Bertz CT molecular complexity index is 1250. The molecule has 3 aromatic rings. The Labute approximate surface area is 230 Å². The third-order valence-electron chi connectivity index (χ3n) is 8.71. The number of amides is 1. The molecule has 6 rings (SSSR count). The fourth-order valence-corrected chi connectivity index (χ4v) is 6.79. The minimum atomic E-state index is -0.0390. The number of morpholine rings is 1. The minimum absolute atomic E-state index is 0.0124. The second kappa shape index (κ2) is 11.3. The smallest absolute Gasteiger partial charge is 0.258 e. The molecule has 0 spiro atoms. The molecule has 3 fully saturated rings. The second-order valence-corrected chi connectivity index (χ2v) is 11.6. The molecule has 1 aliphatic carbocycles. The molecule has 3 atom stereocenters. The Balaban J connectivity index is 1.29. The van der Waals surface area contributed by atoms with Crippen molar-refractivity contribution < 1.29 is 19.0 Å². The first kappa shape index (κ1) is 26.3. The number of ether oxygens (including phenoxy) is 3. The molecule has 39 heavy (non-hydrogen) atoms. The summed E-state index contributed by atoms with van der Waals surface area (Å²) in [7, 11) is 0. The van der Waals surface area contributed by atoms with Gasteiger partial charge in [0.1, 0.15) is 11.9 Å². The zero-order valence-corrected chi connectivity index (χ0v) is 23.1. The predicted octanol–water partition coefficient (Wildman–Crippen LogP) is 5.19. The molecule has 8 heteroatoms. The van der Waals surface area contributed by atoms with Crippen LogP contribution in [0.15, 0.2) is 48.7 Å². The van der Waals surface area contributed by atoms with E-state index in [0.717, 1.165) is 74.3 Å². The maximum atomic E-state index is 14.2. The molecule has 2 aromatic carbocycles. The van der Waals surface area contributed by atoms with Crippen molar-refractivity contribution in [3.63, 3.8) is 0 Å². The van der Waals surface area contributed by atoms with Crippen LogP contribution in [-0.4, -0.2) is 77.7 Å². The topological polar surface area (TPSA) is 79.9 Å².